The number of carbonyl (C=O) groups excluding carboxylic acids is 2. The Morgan fingerprint density at radius 1 is 0.951 bits per heavy atom. The number of sulfonamides is 1. The summed E-state index contributed by atoms with van der Waals surface area (Å²) < 4.78 is 68.9. The highest BCUT2D eigenvalue weighted by molar-refractivity contribution is 7.92. The molecule has 1 N–H and O–H groups in total. The molecule has 0 aliphatic heterocycles. The van der Waals surface area contributed by atoms with E-state index >= 15 is 0 Å². The van der Waals surface area contributed by atoms with Gasteiger partial charge in [-0.05, 0) is 54.4 Å². The number of halogens is 6. The van der Waals surface area contributed by atoms with Gasteiger partial charge in [0, 0.05) is 23.6 Å². The molecule has 0 aromatic heterocycles. The molecule has 1 atom stereocenters. The number of anilines is 1. The lowest BCUT2D eigenvalue weighted by molar-refractivity contribution is -0.140. The van der Waals surface area contributed by atoms with Gasteiger partial charge in [-0.3, -0.25) is 13.9 Å². The van der Waals surface area contributed by atoms with Crippen molar-refractivity contribution < 1.29 is 31.2 Å². The van der Waals surface area contributed by atoms with E-state index in [-0.39, 0.29) is 27.9 Å². The molecule has 0 radical (unpaired) electrons. The van der Waals surface area contributed by atoms with Crippen LogP contribution in [0.15, 0.2) is 71.6 Å². The SMILES string of the molecule is CC[C@@H](C(=O)NC)N(Cc1ccc(Cl)cc1Cl)C(=O)CN(c1cc(C(F)(F)F)ccc1Cl)S(=O)(=O)c1ccccc1. The third kappa shape index (κ3) is 7.65. The van der Waals surface area contributed by atoms with E-state index in [1.807, 2.05) is 0 Å². The average molecular weight is 651 g/mol. The molecule has 3 rings (SSSR count). The van der Waals surface area contributed by atoms with Gasteiger partial charge in [-0.2, -0.15) is 13.2 Å². The van der Waals surface area contributed by atoms with Crippen LogP contribution in [0.5, 0.6) is 0 Å². The highest BCUT2D eigenvalue weighted by Gasteiger charge is 2.37. The summed E-state index contributed by atoms with van der Waals surface area (Å²) in [7, 11) is -3.25. The first-order chi connectivity index (χ1) is 19.2. The second kappa shape index (κ2) is 13.3. The van der Waals surface area contributed by atoms with E-state index in [1.165, 1.54) is 43.4 Å². The fourth-order valence-electron chi connectivity index (χ4n) is 4.03. The van der Waals surface area contributed by atoms with Gasteiger partial charge in [0.05, 0.1) is 21.2 Å². The van der Waals surface area contributed by atoms with Gasteiger partial charge in [0.25, 0.3) is 10.0 Å². The smallest absolute Gasteiger partial charge is 0.357 e. The summed E-state index contributed by atoms with van der Waals surface area (Å²) in [5, 5.41) is 2.65. The lowest BCUT2D eigenvalue weighted by atomic mass is 10.1. The Balaban J connectivity index is 2.17. The summed E-state index contributed by atoms with van der Waals surface area (Å²) in [6.45, 7) is 0.444. The van der Waals surface area contributed by atoms with Crippen LogP contribution in [0.2, 0.25) is 15.1 Å². The molecule has 14 heteroatoms. The Labute approximate surface area is 250 Å². The number of carbonyl (C=O) groups is 2. The van der Waals surface area contributed by atoms with Crippen molar-refractivity contribution in [1.82, 2.24) is 10.2 Å². The molecule has 0 saturated carbocycles. The highest BCUT2D eigenvalue weighted by atomic mass is 35.5. The zero-order valence-electron chi connectivity index (χ0n) is 21.8. The Kier molecular flexibility index (Phi) is 10.6. The van der Waals surface area contributed by atoms with Crippen LogP contribution in [-0.2, 0) is 32.3 Å². The van der Waals surface area contributed by atoms with Gasteiger partial charge in [0.1, 0.15) is 12.6 Å². The first-order valence-corrected chi connectivity index (χ1v) is 14.7. The van der Waals surface area contributed by atoms with Crippen molar-refractivity contribution in [2.45, 2.75) is 37.0 Å². The van der Waals surface area contributed by atoms with E-state index in [0.29, 0.717) is 27.0 Å². The van der Waals surface area contributed by atoms with Crippen LogP contribution in [0.3, 0.4) is 0 Å². The van der Waals surface area contributed by atoms with Gasteiger partial charge < -0.3 is 10.2 Å². The maximum atomic E-state index is 13.9. The molecule has 3 aromatic rings. The summed E-state index contributed by atoms with van der Waals surface area (Å²) in [5.74, 6) is -1.43. The largest absolute Gasteiger partial charge is 0.416 e. The molecule has 2 amide bonds. The topological polar surface area (TPSA) is 86.8 Å². The number of rotatable bonds is 10. The van der Waals surface area contributed by atoms with E-state index in [0.717, 1.165) is 11.0 Å². The Bertz CT molecular complexity index is 1520. The molecule has 0 heterocycles. The molecular weight excluding hydrogens is 626 g/mol. The minimum absolute atomic E-state index is 0.131. The molecule has 0 fully saturated rings. The summed E-state index contributed by atoms with van der Waals surface area (Å²) in [4.78, 5) is 27.5. The predicted octanol–water partition coefficient (Wildman–Crippen LogP) is 6.41. The van der Waals surface area contributed by atoms with Crippen molar-refractivity contribution in [3.05, 3.63) is 92.9 Å². The van der Waals surface area contributed by atoms with Crippen LogP contribution in [0, 0.1) is 0 Å². The summed E-state index contributed by atoms with van der Waals surface area (Å²) in [6, 6.07) is 12.5. The molecule has 0 aliphatic carbocycles. The van der Waals surface area contributed by atoms with E-state index in [2.05, 4.69) is 5.32 Å². The lowest BCUT2D eigenvalue weighted by Crippen LogP contribution is -2.51. The molecule has 0 aliphatic rings. The van der Waals surface area contributed by atoms with E-state index in [9.17, 15) is 31.2 Å². The Morgan fingerprint density at radius 3 is 2.17 bits per heavy atom. The molecule has 7 nitrogen and oxygen atoms in total. The second-order valence-corrected chi connectivity index (χ2v) is 11.9. The molecule has 0 bridgehead atoms. The number of nitrogens with zero attached hydrogens (tertiary/aromatic N) is 2. The molecular formula is C27H25Cl3F3N3O4S. The van der Waals surface area contributed by atoms with Crippen LogP contribution >= 0.6 is 34.8 Å². The monoisotopic (exact) mass is 649 g/mol. The van der Waals surface area contributed by atoms with E-state index in [4.69, 9.17) is 34.8 Å². The van der Waals surface area contributed by atoms with Gasteiger partial charge in [-0.25, -0.2) is 8.42 Å². The van der Waals surface area contributed by atoms with Crippen LogP contribution in [-0.4, -0.2) is 44.8 Å². The number of alkyl halides is 3. The van der Waals surface area contributed by atoms with Gasteiger partial charge in [-0.15, -0.1) is 0 Å². The number of benzene rings is 3. The molecule has 41 heavy (non-hydrogen) atoms. The normalized spacial score (nSPS) is 12.5. The maximum absolute atomic E-state index is 13.9. The quantitative estimate of drug-likeness (QED) is 0.275. The van der Waals surface area contributed by atoms with Crippen LogP contribution < -0.4 is 9.62 Å². The number of nitrogens with one attached hydrogen (secondary N) is 1. The van der Waals surface area contributed by atoms with Crippen LogP contribution in [0.25, 0.3) is 0 Å². The van der Waals surface area contributed by atoms with Gasteiger partial charge in [0.2, 0.25) is 11.8 Å². The zero-order chi connectivity index (χ0) is 30.5. The minimum atomic E-state index is -4.82. The fourth-order valence-corrected chi connectivity index (χ4v) is 6.22. The zero-order valence-corrected chi connectivity index (χ0v) is 24.8. The van der Waals surface area contributed by atoms with Crippen molar-refractivity contribution in [1.29, 1.82) is 0 Å². The Hall–Kier alpha value is -2.99. The third-order valence-electron chi connectivity index (χ3n) is 6.14. The molecule has 3 aromatic carbocycles. The standard InChI is InChI=1S/C27H25Cl3F3N3O4S/c1-3-23(26(38)34-2)35(15-17-9-11-19(28)14-22(17)30)25(37)16-36(41(39,40)20-7-5-4-6-8-20)24-13-18(27(31,32)33)10-12-21(24)29/h4-14,23H,3,15-16H2,1-2H3,(H,34,38)/t23-/m0/s1. The second-order valence-electron chi connectivity index (χ2n) is 8.78. The van der Waals surface area contributed by atoms with Crippen molar-refractivity contribution >= 4 is 62.3 Å². The van der Waals surface area contributed by atoms with E-state index < -0.39 is 51.9 Å². The molecule has 0 unspecified atom stereocenters. The average Bonchev–Trinajstić information content (AvgIpc) is 2.92. The van der Waals surface area contributed by atoms with Crippen LogP contribution in [0.1, 0.15) is 24.5 Å². The number of hydrogen-bond acceptors (Lipinski definition) is 4. The predicted molar refractivity (Wildman–Crippen MR) is 153 cm³/mol. The molecule has 220 valence electrons. The minimum Gasteiger partial charge on any atom is -0.357 e. The summed E-state index contributed by atoms with van der Waals surface area (Å²) in [5.41, 5.74) is -1.32. The number of amides is 2. The van der Waals surface area contributed by atoms with E-state index in [1.54, 1.807) is 19.1 Å². The number of hydrogen-bond donors (Lipinski definition) is 1. The van der Waals surface area contributed by atoms with Crippen molar-refractivity contribution in [3.63, 3.8) is 0 Å². The van der Waals surface area contributed by atoms with Crippen molar-refractivity contribution in [3.8, 4) is 0 Å². The van der Waals surface area contributed by atoms with Gasteiger partial charge in [-0.1, -0.05) is 66.0 Å². The number of likely N-dealkylation sites (N-methyl/N-ethyl adjacent to an activating group) is 1. The fraction of sp³-hybridized carbons (Fsp3) is 0.259. The first kappa shape index (κ1) is 32.5. The highest BCUT2D eigenvalue weighted by Crippen LogP contribution is 2.37. The van der Waals surface area contributed by atoms with Gasteiger partial charge in [0.15, 0.2) is 0 Å². The Morgan fingerprint density at radius 2 is 1.61 bits per heavy atom. The van der Waals surface area contributed by atoms with Crippen molar-refractivity contribution in [2.24, 2.45) is 0 Å². The molecule has 0 saturated heterocycles. The molecule has 0 spiro atoms. The van der Waals surface area contributed by atoms with Crippen molar-refractivity contribution in [2.75, 3.05) is 17.9 Å². The van der Waals surface area contributed by atoms with Crippen LogP contribution in [0.4, 0.5) is 18.9 Å². The summed E-state index contributed by atoms with van der Waals surface area (Å²) >= 11 is 18.5. The third-order valence-corrected chi connectivity index (χ3v) is 8.82. The maximum Gasteiger partial charge on any atom is 0.416 e. The lowest BCUT2D eigenvalue weighted by Gasteiger charge is -2.33. The summed E-state index contributed by atoms with van der Waals surface area (Å²) in [6.07, 6.45) is -4.69. The van der Waals surface area contributed by atoms with Gasteiger partial charge >= 0.3 is 6.18 Å². The first-order valence-electron chi connectivity index (χ1n) is 12.1.